The Morgan fingerprint density at radius 2 is 1.95 bits per heavy atom. The molecule has 2 aromatic heterocycles. The van der Waals surface area contributed by atoms with Crippen LogP contribution < -0.4 is 10.6 Å². The topological polar surface area (TPSA) is 46.6 Å². The summed E-state index contributed by atoms with van der Waals surface area (Å²) in [5, 5.41) is 4.78. The van der Waals surface area contributed by atoms with E-state index in [9.17, 15) is 0 Å². The highest BCUT2D eigenvalue weighted by Crippen LogP contribution is 2.31. The van der Waals surface area contributed by atoms with Gasteiger partial charge in [-0.1, -0.05) is 6.07 Å². The summed E-state index contributed by atoms with van der Waals surface area (Å²) in [5.74, 6) is 0.944. The predicted molar refractivity (Wildman–Crippen MR) is 87.7 cm³/mol. The van der Waals surface area contributed by atoms with Crippen molar-refractivity contribution in [1.82, 2.24) is 9.61 Å². The molecule has 2 aromatic rings. The molecule has 0 bridgehead atoms. The molecule has 0 spiro atoms. The summed E-state index contributed by atoms with van der Waals surface area (Å²) in [6.07, 6.45) is 1.19. The third-order valence-corrected chi connectivity index (χ3v) is 4.88. The monoisotopic (exact) mass is 288 g/mol. The number of nitrogens with two attached hydrogens (primary N) is 1. The van der Waals surface area contributed by atoms with Gasteiger partial charge in [0.2, 0.25) is 0 Å². The van der Waals surface area contributed by atoms with Crippen molar-refractivity contribution in [1.29, 1.82) is 0 Å². The van der Waals surface area contributed by atoms with Gasteiger partial charge in [-0.05, 0) is 25.5 Å². The second-order valence-corrected chi connectivity index (χ2v) is 7.14. The van der Waals surface area contributed by atoms with Crippen molar-refractivity contribution < 1.29 is 4.48 Å². The summed E-state index contributed by atoms with van der Waals surface area (Å²) >= 11 is 0. The van der Waals surface area contributed by atoms with Gasteiger partial charge in [0.25, 0.3) is 0 Å². The van der Waals surface area contributed by atoms with Gasteiger partial charge in [0.1, 0.15) is 11.7 Å². The molecule has 21 heavy (non-hydrogen) atoms. The minimum absolute atomic E-state index is 0.636. The lowest BCUT2D eigenvalue weighted by atomic mass is 10.2. The average molecular weight is 288 g/mol. The summed E-state index contributed by atoms with van der Waals surface area (Å²) in [7, 11) is 6.78. The van der Waals surface area contributed by atoms with Gasteiger partial charge in [-0.15, -0.1) is 5.10 Å². The van der Waals surface area contributed by atoms with E-state index in [1.165, 1.54) is 12.0 Å². The summed E-state index contributed by atoms with van der Waals surface area (Å²) in [4.78, 5) is 2.34. The zero-order chi connectivity index (χ0) is 15.4. The van der Waals surface area contributed by atoms with Gasteiger partial charge in [0, 0.05) is 18.7 Å². The Kier molecular flexibility index (Phi) is 3.13. The molecule has 2 N–H and O–H groups in total. The maximum absolute atomic E-state index is 6.36. The van der Waals surface area contributed by atoms with Crippen LogP contribution in [0.3, 0.4) is 0 Å². The van der Waals surface area contributed by atoms with E-state index in [2.05, 4.69) is 52.0 Å². The van der Waals surface area contributed by atoms with Gasteiger partial charge in [0.15, 0.2) is 5.82 Å². The Morgan fingerprint density at radius 3 is 2.57 bits per heavy atom. The largest absolute Gasteiger partial charge is 0.394 e. The van der Waals surface area contributed by atoms with E-state index in [0.29, 0.717) is 6.04 Å². The van der Waals surface area contributed by atoms with E-state index in [4.69, 9.17) is 10.8 Å². The molecule has 5 heteroatoms. The van der Waals surface area contributed by atoms with Crippen molar-refractivity contribution in [3.8, 4) is 0 Å². The number of fused-ring (bicyclic) bond motifs is 1. The van der Waals surface area contributed by atoms with E-state index < -0.39 is 0 Å². The number of aryl methyl sites for hydroxylation is 2. The first-order valence-electron chi connectivity index (χ1n) is 7.59. The fourth-order valence-electron chi connectivity index (χ4n) is 3.14. The zero-order valence-corrected chi connectivity index (χ0v) is 13.7. The van der Waals surface area contributed by atoms with Crippen LogP contribution in [0.25, 0.3) is 5.52 Å². The molecule has 0 saturated carbocycles. The van der Waals surface area contributed by atoms with Gasteiger partial charge >= 0.3 is 0 Å². The van der Waals surface area contributed by atoms with Crippen LogP contribution in [0.15, 0.2) is 12.1 Å². The van der Waals surface area contributed by atoms with Crippen LogP contribution in [-0.4, -0.2) is 54.4 Å². The molecule has 0 aromatic carbocycles. The summed E-state index contributed by atoms with van der Waals surface area (Å²) in [6.45, 7) is 6.26. The number of hydrogen-bond donors (Lipinski definition) is 1. The maximum Gasteiger partial charge on any atom is 0.175 e. The second kappa shape index (κ2) is 4.63. The van der Waals surface area contributed by atoms with Gasteiger partial charge < -0.3 is 15.1 Å². The Balaban J connectivity index is 1.99. The van der Waals surface area contributed by atoms with Crippen molar-refractivity contribution in [2.24, 2.45) is 0 Å². The fraction of sp³-hybridized carbons (Fsp3) is 0.562. The SMILES string of the molecule is Cc1ccc2c(N)c(N3CCC([N+](C)(C)C)C3)nn2c1C. The summed E-state index contributed by atoms with van der Waals surface area (Å²) in [6, 6.07) is 4.82. The Labute approximate surface area is 126 Å². The highest BCUT2D eigenvalue weighted by Gasteiger charge is 2.34. The molecule has 1 aliphatic heterocycles. The first-order chi connectivity index (χ1) is 9.79. The minimum Gasteiger partial charge on any atom is -0.394 e. The van der Waals surface area contributed by atoms with Gasteiger partial charge in [0.05, 0.1) is 33.2 Å². The van der Waals surface area contributed by atoms with Gasteiger partial charge in [-0.25, -0.2) is 4.52 Å². The number of rotatable bonds is 2. The molecular formula is C16H26N5+. The van der Waals surface area contributed by atoms with Crippen LogP contribution in [0.1, 0.15) is 17.7 Å². The van der Waals surface area contributed by atoms with Crippen LogP contribution in [0, 0.1) is 13.8 Å². The predicted octanol–water partition coefficient (Wildman–Crippen LogP) is 1.82. The summed E-state index contributed by atoms with van der Waals surface area (Å²) < 4.78 is 2.97. The molecule has 3 heterocycles. The average Bonchev–Trinajstić information content (AvgIpc) is 2.99. The Bertz CT molecular complexity index is 680. The van der Waals surface area contributed by atoms with Crippen LogP contribution in [0.5, 0.6) is 0 Å². The zero-order valence-electron chi connectivity index (χ0n) is 13.7. The van der Waals surface area contributed by atoms with Gasteiger partial charge in [-0.2, -0.15) is 0 Å². The first kappa shape index (κ1) is 14.2. The molecule has 1 saturated heterocycles. The molecule has 5 nitrogen and oxygen atoms in total. The van der Waals surface area contributed by atoms with Crippen LogP contribution in [0.4, 0.5) is 11.5 Å². The molecule has 0 radical (unpaired) electrons. The Hall–Kier alpha value is -1.75. The minimum atomic E-state index is 0.636. The lowest BCUT2D eigenvalue weighted by Gasteiger charge is -2.31. The number of anilines is 2. The number of pyridine rings is 1. The number of quaternary nitrogens is 1. The molecular weight excluding hydrogens is 262 g/mol. The van der Waals surface area contributed by atoms with Gasteiger partial charge in [-0.3, -0.25) is 0 Å². The van der Waals surface area contributed by atoms with Crippen LogP contribution in [0.2, 0.25) is 0 Å². The van der Waals surface area contributed by atoms with E-state index in [-0.39, 0.29) is 0 Å². The van der Waals surface area contributed by atoms with Crippen LogP contribution in [-0.2, 0) is 0 Å². The molecule has 1 unspecified atom stereocenters. The molecule has 114 valence electrons. The smallest absolute Gasteiger partial charge is 0.175 e. The second-order valence-electron chi connectivity index (χ2n) is 7.14. The number of nitrogen functional groups attached to an aromatic ring is 1. The van der Waals surface area contributed by atoms with Crippen molar-refractivity contribution in [2.75, 3.05) is 44.9 Å². The van der Waals surface area contributed by atoms with E-state index in [1.807, 2.05) is 4.52 Å². The number of aromatic nitrogens is 2. The molecule has 1 aliphatic rings. The molecule has 0 amide bonds. The quantitative estimate of drug-likeness (QED) is 0.858. The van der Waals surface area contributed by atoms with E-state index in [0.717, 1.165) is 40.3 Å². The van der Waals surface area contributed by atoms with Crippen molar-refractivity contribution in [2.45, 2.75) is 26.3 Å². The lowest BCUT2D eigenvalue weighted by molar-refractivity contribution is -0.893. The highest BCUT2D eigenvalue weighted by molar-refractivity contribution is 5.82. The van der Waals surface area contributed by atoms with E-state index >= 15 is 0 Å². The summed E-state index contributed by atoms with van der Waals surface area (Å²) in [5.41, 5.74) is 10.6. The number of likely N-dealkylation sites (N-methyl/N-ethyl adjacent to an activating group) is 1. The molecule has 3 rings (SSSR count). The molecule has 1 fully saturated rings. The van der Waals surface area contributed by atoms with Crippen molar-refractivity contribution in [3.63, 3.8) is 0 Å². The lowest BCUT2D eigenvalue weighted by Crippen LogP contribution is -2.46. The number of hydrogen-bond acceptors (Lipinski definition) is 3. The standard InChI is InChI=1S/C16H26N5/c1-11-6-7-14-15(17)16(18-20(14)12(11)2)19-9-8-13(10-19)21(3,4)5/h6-7,13H,8-10,17H2,1-5H3/q+1. The van der Waals surface area contributed by atoms with Crippen molar-refractivity contribution >= 4 is 17.0 Å². The molecule has 1 atom stereocenters. The number of nitrogens with zero attached hydrogens (tertiary/aromatic N) is 4. The normalized spacial score (nSPS) is 19.7. The Morgan fingerprint density at radius 1 is 1.24 bits per heavy atom. The third kappa shape index (κ3) is 2.25. The third-order valence-electron chi connectivity index (χ3n) is 4.88. The van der Waals surface area contributed by atoms with Crippen molar-refractivity contribution in [3.05, 3.63) is 23.4 Å². The highest BCUT2D eigenvalue weighted by atomic mass is 15.4. The van der Waals surface area contributed by atoms with Crippen LogP contribution >= 0.6 is 0 Å². The first-order valence-corrected chi connectivity index (χ1v) is 7.59. The van der Waals surface area contributed by atoms with E-state index in [1.54, 1.807) is 0 Å². The fourth-order valence-corrected chi connectivity index (χ4v) is 3.14. The molecule has 0 aliphatic carbocycles. The maximum atomic E-state index is 6.36.